The number of carboxylic acids is 1. The van der Waals surface area contributed by atoms with Gasteiger partial charge >= 0.3 is 5.97 Å². The predicted molar refractivity (Wildman–Crippen MR) is 124 cm³/mol. The molecule has 7 heteroatoms. The van der Waals surface area contributed by atoms with Gasteiger partial charge in [0.1, 0.15) is 11.6 Å². The fourth-order valence-electron chi connectivity index (χ4n) is 7.41. The Kier molecular flexibility index (Phi) is 6.11. The average Bonchev–Trinajstić information content (AvgIpc) is 3.05. The molecule has 0 saturated heterocycles. The van der Waals surface area contributed by atoms with Gasteiger partial charge in [0.05, 0.1) is 5.71 Å². The van der Waals surface area contributed by atoms with Gasteiger partial charge in [-0.2, -0.15) is 0 Å². The first-order valence-electron chi connectivity index (χ1n) is 12.2. The van der Waals surface area contributed by atoms with Gasteiger partial charge in [0, 0.05) is 5.41 Å². The first-order chi connectivity index (χ1) is 15.5. The van der Waals surface area contributed by atoms with Crippen LogP contribution in [-0.4, -0.2) is 46.1 Å². The zero-order valence-electron chi connectivity index (χ0n) is 19.9. The molecule has 4 aliphatic carbocycles. The first kappa shape index (κ1) is 23.8. The van der Waals surface area contributed by atoms with E-state index in [2.05, 4.69) is 36.3 Å². The Morgan fingerprint density at radius 2 is 1.97 bits per heavy atom. The summed E-state index contributed by atoms with van der Waals surface area (Å²) in [7, 11) is 0. The van der Waals surface area contributed by atoms with Crippen LogP contribution in [0.4, 0.5) is 0 Å². The number of terminal acetylenes is 1. The van der Waals surface area contributed by atoms with E-state index in [1.54, 1.807) is 0 Å². The maximum absolute atomic E-state index is 11.8. The summed E-state index contributed by atoms with van der Waals surface area (Å²) >= 11 is 0. The van der Waals surface area contributed by atoms with E-state index in [0.717, 1.165) is 50.7 Å². The third-order valence-electron chi connectivity index (χ3n) is 9.49. The number of nitrogens with zero attached hydrogens (tertiary/aromatic N) is 1. The van der Waals surface area contributed by atoms with E-state index in [-0.39, 0.29) is 17.4 Å². The fourth-order valence-corrected chi connectivity index (χ4v) is 7.41. The Morgan fingerprint density at radius 1 is 1.24 bits per heavy atom. The molecule has 0 radical (unpaired) electrons. The summed E-state index contributed by atoms with van der Waals surface area (Å²) in [5.41, 5.74) is 1.21. The van der Waals surface area contributed by atoms with Crippen LogP contribution < -0.4 is 5.32 Å². The molecular formula is C26H36N2O5. The molecule has 7 unspecified atom stereocenters. The highest BCUT2D eigenvalue weighted by Crippen LogP contribution is 2.67. The number of carbonyl (C=O) groups is 2. The number of fused-ring (bicyclic) bond motifs is 5. The van der Waals surface area contributed by atoms with Gasteiger partial charge in [-0.25, -0.2) is 0 Å². The number of carboxylic acid groups (broad SMARTS) is 1. The van der Waals surface area contributed by atoms with E-state index in [1.165, 1.54) is 12.5 Å². The average molecular weight is 457 g/mol. The summed E-state index contributed by atoms with van der Waals surface area (Å²) in [6.07, 6.45) is 15.6. The van der Waals surface area contributed by atoms with Crippen LogP contribution in [-0.2, 0) is 14.4 Å². The van der Waals surface area contributed by atoms with Crippen LogP contribution in [0.3, 0.4) is 0 Å². The Bertz CT molecular complexity index is 935. The van der Waals surface area contributed by atoms with Crippen LogP contribution >= 0.6 is 0 Å². The van der Waals surface area contributed by atoms with Crippen LogP contribution in [0.25, 0.3) is 0 Å². The number of amides is 1. The van der Waals surface area contributed by atoms with Gasteiger partial charge in [0.15, 0.2) is 6.61 Å². The number of carbonyl (C=O) groups excluding carboxylic acids is 1. The highest BCUT2D eigenvalue weighted by atomic mass is 16.6. The highest BCUT2D eigenvalue weighted by molar-refractivity contribution is 5.96. The highest BCUT2D eigenvalue weighted by Gasteiger charge is 2.63. The summed E-state index contributed by atoms with van der Waals surface area (Å²) in [4.78, 5) is 27.9. The minimum atomic E-state index is -1.09. The summed E-state index contributed by atoms with van der Waals surface area (Å²) in [6, 6.07) is -0.963. The number of hydrogen-bond acceptors (Lipinski definition) is 5. The summed E-state index contributed by atoms with van der Waals surface area (Å²) in [5.74, 6) is 2.80. The molecule has 3 N–H and O–H groups in total. The van der Waals surface area contributed by atoms with Crippen LogP contribution in [0.15, 0.2) is 16.8 Å². The minimum Gasteiger partial charge on any atom is -0.480 e. The number of nitrogens with one attached hydrogen (secondary N) is 1. The second kappa shape index (κ2) is 8.47. The summed E-state index contributed by atoms with van der Waals surface area (Å²) in [5, 5.41) is 26.5. The van der Waals surface area contributed by atoms with Crippen LogP contribution in [0.2, 0.25) is 0 Å². The number of rotatable bonds is 5. The standard InChI is InChI=1S/C26H36N2O5/c1-5-26(32)13-10-21-19-7-6-17-14-18(28-33-15-22(29)27-16(2)23(30)31)8-11-24(17,3)20(19)9-12-25(21,26)4/h1,14,16,19-21,32H,6-13,15H2,2-4H3,(H,27,29)(H,30,31). The molecule has 4 rings (SSSR count). The van der Waals surface area contributed by atoms with Crippen molar-refractivity contribution < 1.29 is 24.6 Å². The molecule has 0 aromatic rings. The molecule has 3 fully saturated rings. The minimum absolute atomic E-state index is 0.119. The first-order valence-corrected chi connectivity index (χ1v) is 12.2. The lowest BCUT2D eigenvalue weighted by atomic mass is 9.46. The number of aliphatic hydroxyl groups is 1. The Morgan fingerprint density at radius 3 is 2.67 bits per heavy atom. The Hall–Kier alpha value is -2.33. The molecular weight excluding hydrogens is 420 g/mol. The van der Waals surface area contributed by atoms with Crippen LogP contribution in [0.5, 0.6) is 0 Å². The topological polar surface area (TPSA) is 108 Å². The number of hydrogen-bond donors (Lipinski definition) is 3. The molecule has 4 aliphatic rings. The largest absolute Gasteiger partial charge is 0.480 e. The van der Waals surface area contributed by atoms with Gasteiger partial charge in [-0.05, 0) is 87.5 Å². The van der Waals surface area contributed by atoms with Crippen molar-refractivity contribution in [3.8, 4) is 12.3 Å². The second-order valence-corrected chi connectivity index (χ2v) is 11.0. The van der Waals surface area contributed by atoms with E-state index in [0.29, 0.717) is 24.2 Å². The zero-order valence-corrected chi connectivity index (χ0v) is 19.9. The maximum Gasteiger partial charge on any atom is 0.325 e. The van der Waals surface area contributed by atoms with E-state index in [9.17, 15) is 14.7 Å². The van der Waals surface area contributed by atoms with Gasteiger partial charge in [-0.1, -0.05) is 30.5 Å². The third kappa shape index (κ3) is 3.86. The van der Waals surface area contributed by atoms with Crippen molar-refractivity contribution in [3.05, 3.63) is 11.6 Å². The van der Waals surface area contributed by atoms with E-state index < -0.39 is 23.5 Å². The maximum atomic E-state index is 11.8. The molecule has 7 atom stereocenters. The predicted octanol–water partition coefficient (Wildman–Crippen LogP) is 3.28. The van der Waals surface area contributed by atoms with Crippen molar-refractivity contribution in [2.24, 2.45) is 33.7 Å². The van der Waals surface area contributed by atoms with E-state index in [4.69, 9.17) is 16.4 Å². The van der Waals surface area contributed by atoms with Crippen LogP contribution in [0.1, 0.15) is 72.1 Å². The molecule has 180 valence electrons. The van der Waals surface area contributed by atoms with Crippen molar-refractivity contribution in [2.45, 2.75) is 83.8 Å². The lowest BCUT2D eigenvalue weighted by Crippen LogP contribution is -2.54. The lowest BCUT2D eigenvalue weighted by molar-refractivity contribution is -0.142. The van der Waals surface area contributed by atoms with Crippen molar-refractivity contribution in [3.63, 3.8) is 0 Å². The molecule has 0 aliphatic heterocycles. The smallest absolute Gasteiger partial charge is 0.325 e. The van der Waals surface area contributed by atoms with Gasteiger partial charge in [-0.15, -0.1) is 6.42 Å². The second-order valence-electron chi connectivity index (χ2n) is 11.0. The molecule has 0 aromatic heterocycles. The number of oxime groups is 1. The molecule has 3 saturated carbocycles. The van der Waals surface area contributed by atoms with Crippen molar-refractivity contribution in [2.75, 3.05) is 6.61 Å². The van der Waals surface area contributed by atoms with E-state index in [1.807, 2.05) is 0 Å². The lowest BCUT2D eigenvalue weighted by Gasteiger charge is -2.58. The van der Waals surface area contributed by atoms with Gasteiger partial charge in [-0.3, -0.25) is 9.59 Å². The van der Waals surface area contributed by atoms with Gasteiger partial charge < -0.3 is 20.4 Å². The summed E-state index contributed by atoms with van der Waals surface area (Å²) < 4.78 is 0. The zero-order chi connectivity index (χ0) is 24.0. The van der Waals surface area contributed by atoms with E-state index >= 15 is 0 Å². The van der Waals surface area contributed by atoms with Gasteiger partial charge in [0.2, 0.25) is 0 Å². The van der Waals surface area contributed by atoms with Crippen molar-refractivity contribution >= 4 is 17.6 Å². The number of allylic oxidation sites excluding steroid dienone is 2. The molecule has 0 aromatic carbocycles. The molecule has 7 nitrogen and oxygen atoms in total. The van der Waals surface area contributed by atoms with Gasteiger partial charge in [0.25, 0.3) is 5.91 Å². The summed E-state index contributed by atoms with van der Waals surface area (Å²) in [6.45, 7) is 5.70. The number of aliphatic carboxylic acids is 1. The molecule has 33 heavy (non-hydrogen) atoms. The normalized spacial score (nSPS) is 41.6. The Balaban J connectivity index is 1.43. The molecule has 0 bridgehead atoms. The third-order valence-corrected chi connectivity index (χ3v) is 9.49. The Labute approximate surface area is 196 Å². The van der Waals surface area contributed by atoms with Crippen LogP contribution in [0, 0.1) is 40.9 Å². The quantitative estimate of drug-likeness (QED) is 0.435. The van der Waals surface area contributed by atoms with Crippen molar-refractivity contribution in [1.29, 1.82) is 0 Å². The van der Waals surface area contributed by atoms with Crippen molar-refractivity contribution in [1.82, 2.24) is 5.32 Å². The molecule has 0 spiro atoms. The SMILES string of the molecule is C#CC1(O)CCC2C3CCC4=CC(=NOCC(=O)NC(C)C(=O)O)CCC4(C)C3CCC21C. The fraction of sp³-hybridized carbons (Fsp3) is 0.731. The molecule has 1 amide bonds. The monoisotopic (exact) mass is 456 g/mol. The molecule has 0 heterocycles.